The number of aliphatic hydroxyl groups excluding tert-OH is 2. The van der Waals surface area contributed by atoms with Gasteiger partial charge >= 0.3 is 43.3 Å². The van der Waals surface area contributed by atoms with Crippen LogP contribution in [0, 0.1) is 0 Å². The molecule has 1 saturated heterocycles. The maximum Gasteiger partial charge on any atom is 1.00 e. The van der Waals surface area contributed by atoms with Crippen LogP contribution in [0.2, 0.25) is 0 Å². The van der Waals surface area contributed by atoms with Crippen LogP contribution in [0.15, 0.2) is 6.33 Å². The summed E-state index contributed by atoms with van der Waals surface area (Å²) in [6.07, 6.45) is -4.56. The summed E-state index contributed by atoms with van der Waals surface area (Å²) in [5.41, 5.74) is 5.11. The standard InChI is InChI=1S/C9H14N3O9P.Na/c10-7-4(9(15)16)11-2-12(7)8-6(14)5(13)3(21-8)1-20-22(17,18)19;/h2-3,5-6,8,13-14H,1,10H2,(H,15,16)(H2,17,18,19);/q;+1. The van der Waals surface area contributed by atoms with E-state index in [1.807, 2.05) is 0 Å². The molecule has 2 heterocycles. The molecular formula is C9H14N3NaO9P+. The van der Waals surface area contributed by atoms with E-state index in [-0.39, 0.29) is 35.4 Å². The van der Waals surface area contributed by atoms with Gasteiger partial charge < -0.3 is 35.6 Å². The summed E-state index contributed by atoms with van der Waals surface area (Å²) in [5.74, 6) is -1.69. The smallest absolute Gasteiger partial charge is 0.476 e. The fraction of sp³-hybridized carbons (Fsp3) is 0.556. The van der Waals surface area contributed by atoms with Gasteiger partial charge in [-0.3, -0.25) is 9.09 Å². The Kier molecular flexibility index (Phi) is 6.75. The topological polar surface area (TPSA) is 198 Å². The molecule has 23 heavy (non-hydrogen) atoms. The Labute approximate surface area is 151 Å². The molecule has 124 valence electrons. The van der Waals surface area contributed by atoms with E-state index < -0.39 is 50.6 Å². The number of aliphatic hydroxyl groups is 2. The van der Waals surface area contributed by atoms with Crippen molar-refractivity contribution < 1.29 is 73.3 Å². The second-order valence-corrected chi connectivity index (χ2v) is 5.76. The van der Waals surface area contributed by atoms with E-state index in [1.54, 1.807) is 0 Å². The minimum Gasteiger partial charge on any atom is -0.476 e. The third-order valence-corrected chi connectivity index (χ3v) is 3.54. The SMILES string of the molecule is Nc1c(C(=O)O)ncn1C1OC(COP(=O)(O)O)C(O)C1O.[Na+]. The van der Waals surface area contributed by atoms with Crippen LogP contribution in [0.3, 0.4) is 0 Å². The van der Waals surface area contributed by atoms with Gasteiger partial charge in [-0.2, -0.15) is 0 Å². The normalized spacial score (nSPS) is 27.7. The summed E-state index contributed by atoms with van der Waals surface area (Å²) in [7, 11) is -4.77. The van der Waals surface area contributed by atoms with Crippen LogP contribution in [0.25, 0.3) is 0 Å². The minimum atomic E-state index is -4.77. The van der Waals surface area contributed by atoms with Crippen LogP contribution in [-0.4, -0.2) is 65.5 Å². The number of anilines is 1. The molecule has 1 aromatic rings. The number of aromatic nitrogens is 2. The van der Waals surface area contributed by atoms with E-state index in [0.717, 1.165) is 10.9 Å². The summed E-state index contributed by atoms with van der Waals surface area (Å²) >= 11 is 0. The van der Waals surface area contributed by atoms with Crippen molar-refractivity contribution in [2.75, 3.05) is 12.3 Å². The number of carboxylic acids is 1. The van der Waals surface area contributed by atoms with Crippen LogP contribution in [0.4, 0.5) is 5.82 Å². The number of carbonyl (C=O) groups is 1. The number of hydrogen-bond acceptors (Lipinski definition) is 8. The Morgan fingerprint density at radius 2 is 2.04 bits per heavy atom. The molecule has 0 aliphatic carbocycles. The maximum absolute atomic E-state index is 10.9. The number of nitrogens with zero attached hydrogens (tertiary/aromatic N) is 2. The van der Waals surface area contributed by atoms with Gasteiger partial charge in [-0.05, 0) is 0 Å². The third kappa shape index (κ3) is 4.51. The van der Waals surface area contributed by atoms with Gasteiger partial charge in [0.25, 0.3) is 0 Å². The molecule has 0 saturated carbocycles. The molecule has 1 aliphatic rings. The molecule has 4 unspecified atom stereocenters. The average molecular weight is 362 g/mol. The summed E-state index contributed by atoms with van der Waals surface area (Å²) < 4.78 is 21.1. The van der Waals surface area contributed by atoms with Crippen LogP contribution >= 0.6 is 7.82 Å². The predicted molar refractivity (Wildman–Crippen MR) is 67.5 cm³/mol. The van der Waals surface area contributed by atoms with Crippen molar-refractivity contribution in [3.05, 3.63) is 12.0 Å². The van der Waals surface area contributed by atoms with Crippen molar-refractivity contribution in [3.8, 4) is 0 Å². The van der Waals surface area contributed by atoms with Crippen LogP contribution in [0.1, 0.15) is 16.7 Å². The number of nitrogen functional groups attached to an aromatic ring is 1. The monoisotopic (exact) mass is 362 g/mol. The Morgan fingerprint density at radius 3 is 2.52 bits per heavy atom. The molecule has 1 fully saturated rings. The molecular weight excluding hydrogens is 348 g/mol. The molecule has 0 aromatic carbocycles. The largest absolute Gasteiger partial charge is 1.00 e. The Bertz CT molecular complexity index is 619. The van der Waals surface area contributed by atoms with E-state index in [2.05, 4.69) is 9.51 Å². The summed E-state index contributed by atoms with van der Waals surface area (Å²) in [5, 5.41) is 28.6. The van der Waals surface area contributed by atoms with Gasteiger partial charge in [-0.25, -0.2) is 14.3 Å². The first-order valence-electron chi connectivity index (χ1n) is 5.89. The Morgan fingerprint density at radius 1 is 1.43 bits per heavy atom. The van der Waals surface area contributed by atoms with Crippen molar-refractivity contribution in [1.29, 1.82) is 0 Å². The molecule has 0 radical (unpaired) electrons. The fourth-order valence-electron chi connectivity index (χ4n) is 2.01. The van der Waals surface area contributed by atoms with Gasteiger partial charge in [-0.15, -0.1) is 0 Å². The Hall–Kier alpha value is -0.530. The molecule has 4 atom stereocenters. The van der Waals surface area contributed by atoms with Gasteiger partial charge in [-0.1, -0.05) is 0 Å². The van der Waals surface area contributed by atoms with Gasteiger partial charge in [0.2, 0.25) is 0 Å². The Balaban J connectivity index is 0.00000264. The molecule has 12 nitrogen and oxygen atoms in total. The first-order chi connectivity index (χ1) is 10.1. The molecule has 0 amide bonds. The summed E-state index contributed by atoms with van der Waals surface area (Å²) in [4.78, 5) is 31.6. The summed E-state index contributed by atoms with van der Waals surface area (Å²) in [6.45, 7) is -0.681. The number of nitrogens with two attached hydrogens (primary N) is 1. The van der Waals surface area contributed by atoms with E-state index in [1.165, 1.54) is 0 Å². The minimum absolute atomic E-state index is 0. The van der Waals surface area contributed by atoms with Gasteiger partial charge in [0.15, 0.2) is 11.9 Å². The summed E-state index contributed by atoms with van der Waals surface area (Å²) in [6, 6.07) is 0. The van der Waals surface area contributed by atoms with Crippen LogP contribution in [0.5, 0.6) is 0 Å². The molecule has 1 aromatic heterocycles. The molecule has 0 spiro atoms. The number of ether oxygens (including phenoxy) is 1. The van der Waals surface area contributed by atoms with E-state index in [9.17, 15) is 19.6 Å². The predicted octanol–water partition coefficient (Wildman–Crippen LogP) is -5.10. The van der Waals surface area contributed by atoms with E-state index in [0.29, 0.717) is 0 Å². The van der Waals surface area contributed by atoms with Crippen LogP contribution in [-0.2, 0) is 13.8 Å². The zero-order valence-electron chi connectivity index (χ0n) is 11.9. The van der Waals surface area contributed by atoms with Crippen molar-refractivity contribution >= 4 is 19.6 Å². The van der Waals surface area contributed by atoms with Crippen molar-refractivity contribution in [3.63, 3.8) is 0 Å². The number of rotatable bonds is 5. The molecule has 0 bridgehead atoms. The second kappa shape index (κ2) is 7.57. The quantitative estimate of drug-likeness (QED) is 0.216. The number of imidazole rings is 1. The fourth-order valence-corrected chi connectivity index (χ4v) is 2.35. The van der Waals surface area contributed by atoms with Gasteiger partial charge in [0.1, 0.15) is 24.1 Å². The molecule has 14 heteroatoms. The van der Waals surface area contributed by atoms with E-state index >= 15 is 0 Å². The van der Waals surface area contributed by atoms with Gasteiger partial charge in [0.05, 0.1) is 12.9 Å². The first-order valence-corrected chi connectivity index (χ1v) is 7.42. The number of aromatic carboxylic acids is 1. The molecule has 1 aliphatic heterocycles. The second-order valence-electron chi connectivity index (χ2n) is 4.52. The number of phosphoric acid groups is 1. The number of phosphoric ester groups is 1. The third-order valence-electron chi connectivity index (χ3n) is 3.05. The maximum atomic E-state index is 10.9. The zero-order chi connectivity index (χ0) is 16.7. The number of hydrogen-bond donors (Lipinski definition) is 6. The molecule has 2 rings (SSSR count). The van der Waals surface area contributed by atoms with Crippen molar-refractivity contribution in [2.45, 2.75) is 24.5 Å². The van der Waals surface area contributed by atoms with E-state index in [4.69, 9.17) is 25.4 Å². The molecule has 7 N–H and O–H groups in total. The number of carboxylic acid groups (broad SMARTS) is 1. The van der Waals surface area contributed by atoms with Crippen LogP contribution < -0.4 is 35.3 Å². The van der Waals surface area contributed by atoms with Crippen molar-refractivity contribution in [1.82, 2.24) is 9.55 Å². The van der Waals surface area contributed by atoms with Gasteiger partial charge in [0, 0.05) is 0 Å². The first kappa shape index (κ1) is 20.5. The zero-order valence-corrected chi connectivity index (χ0v) is 14.8. The van der Waals surface area contributed by atoms with Crippen molar-refractivity contribution in [2.24, 2.45) is 0 Å². The average Bonchev–Trinajstić information content (AvgIpc) is 2.90.